The molecule has 0 saturated carbocycles. The number of fused-ring (bicyclic) bond motifs is 2. The van der Waals surface area contributed by atoms with Crippen LogP contribution in [0.2, 0.25) is 0 Å². The molecule has 0 fully saturated rings. The molecule has 31 heavy (non-hydrogen) atoms. The van der Waals surface area contributed by atoms with E-state index in [1.807, 2.05) is 36.4 Å². The van der Waals surface area contributed by atoms with Gasteiger partial charge in [0.15, 0.2) is 13.2 Å². The van der Waals surface area contributed by atoms with Crippen molar-refractivity contribution in [3.8, 4) is 11.5 Å². The van der Waals surface area contributed by atoms with Gasteiger partial charge in [-0.15, -0.1) is 0 Å². The molecule has 3 aromatic rings. The number of rotatable bonds is 10. The van der Waals surface area contributed by atoms with Gasteiger partial charge >= 0.3 is 11.9 Å². The second kappa shape index (κ2) is 10.7. The molecule has 0 saturated heterocycles. The SMILES string of the molecule is CCCc1ccc2c(OCC(=O)OCC)c3ccccc3c(OCC(=O)OCC)c2c1. The van der Waals surface area contributed by atoms with Crippen molar-refractivity contribution in [2.75, 3.05) is 26.4 Å². The van der Waals surface area contributed by atoms with Crippen LogP contribution in [0.15, 0.2) is 42.5 Å². The van der Waals surface area contributed by atoms with Gasteiger partial charge in [0.2, 0.25) is 0 Å². The summed E-state index contributed by atoms with van der Waals surface area (Å²) in [7, 11) is 0. The summed E-state index contributed by atoms with van der Waals surface area (Å²) in [6.45, 7) is 5.86. The van der Waals surface area contributed by atoms with E-state index in [4.69, 9.17) is 18.9 Å². The highest BCUT2D eigenvalue weighted by atomic mass is 16.6. The summed E-state index contributed by atoms with van der Waals surface area (Å²) in [6.07, 6.45) is 1.92. The minimum atomic E-state index is -0.426. The van der Waals surface area contributed by atoms with E-state index in [0.717, 1.165) is 39.9 Å². The quantitative estimate of drug-likeness (QED) is 0.343. The van der Waals surface area contributed by atoms with Crippen LogP contribution in [0.25, 0.3) is 21.5 Å². The number of benzene rings is 3. The van der Waals surface area contributed by atoms with E-state index < -0.39 is 11.9 Å². The average molecular weight is 424 g/mol. The van der Waals surface area contributed by atoms with Crippen LogP contribution in [0, 0.1) is 0 Å². The third kappa shape index (κ3) is 5.26. The second-order valence-corrected chi connectivity index (χ2v) is 7.02. The van der Waals surface area contributed by atoms with E-state index >= 15 is 0 Å². The first-order valence-corrected chi connectivity index (χ1v) is 10.6. The molecule has 3 aromatic carbocycles. The number of hydrogen-bond acceptors (Lipinski definition) is 6. The van der Waals surface area contributed by atoms with Crippen molar-refractivity contribution in [2.24, 2.45) is 0 Å². The van der Waals surface area contributed by atoms with Crippen LogP contribution >= 0.6 is 0 Å². The molecule has 0 aliphatic carbocycles. The average Bonchev–Trinajstić information content (AvgIpc) is 2.76. The lowest BCUT2D eigenvalue weighted by atomic mass is 9.97. The summed E-state index contributed by atoms with van der Waals surface area (Å²) in [6, 6.07) is 13.7. The van der Waals surface area contributed by atoms with Gasteiger partial charge in [-0.25, -0.2) is 9.59 Å². The maximum absolute atomic E-state index is 11.9. The number of esters is 2. The molecule has 6 nitrogen and oxygen atoms in total. The van der Waals surface area contributed by atoms with Crippen molar-refractivity contribution >= 4 is 33.5 Å². The Hall–Kier alpha value is -3.28. The second-order valence-electron chi connectivity index (χ2n) is 7.02. The van der Waals surface area contributed by atoms with Crippen LogP contribution in [-0.2, 0) is 25.5 Å². The van der Waals surface area contributed by atoms with Crippen molar-refractivity contribution in [2.45, 2.75) is 33.6 Å². The highest BCUT2D eigenvalue weighted by molar-refractivity contribution is 6.11. The van der Waals surface area contributed by atoms with Crippen LogP contribution in [0.4, 0.5) is 0 Å². The Balaban J connectivity index is 2.15. The normalized spacial score (nSPS) is 10.8. The van der Waals surface area contributed by atoms with Crippen molar-refractivity contribution in [3.63, 3.8) is 0 Å². The molecular formula is C25H28O6. The zero-order chi connectivity index (χ0) is 22.2. The molecule has 0 amide bonds. The van der Waals surface area contributed by atoms with Crippen molar-refractivity contribution in [1.82, 2.24) is 0 Å². The number of ether oxygens (including phenoxy) is 4. The molecule has 0 N–H and O–H groups in total. The predicted molar refractivity (Wildman–Crippen MR) is 120 cm³/mol. The summed E-state index contributed by atoms with van der Waals surface area (Å²) < 4.78 is 22.0. The standard InChI is InChI=1S/C25H28O6/c1-4-9-17-12-13-20-21(14-17)25(31-16-23(27)29-6-3)19-11-8-7-10-18(19)24(20)30-15-22(26)28-5-2/h7-8,10-14H,4-6,9,15-16H2,1-3H3. The van der Waals surface area contributed by atoms with Gasteiger partial charge in [-0.05, 0) is 31.9 Å². The predicted octanol–water partition coefficient (Wildman–Crippen LogP) is 4.83. The maximum Gasteiger partial charge on any atom is 0.344 e. The maximum atomic E-state index is 11.9. The van der Waals surface area contributed by atoms with Gasteiger partial charge < -0.3 is 18.9 Å². The minimum absolute atomic E-state index is 0.187. The van der Waals surface area contributed by atoms with Gasteiger partial charge in [-0.1, -0.05) is 49.7 Å². The van der Waals surface area contributed by atoms with Gasteiger partial charge in [0, 0.05) is 21.5 Å². The molecule has 0 atom stereocenters. The van der Waals surface area contributed by atoms with E-state index in [1.54, 1.807) is 13.8 Å². The highest BCUT2D eigenvalue weighted by Crippen LogP contribution is 2.43. The number of carbonyl (C=O) groups excluding carboxylic acids is 2. The topological polar surface area (TPSA) is 71.1 Å². The lowest BCUT2D eigenvalue weighted by molar-refractivity contribution is -0.146. The van der Waals surface area contributed by atoms with E-state index in [9.17, 15) is 9.59 Å². The Kier molecular flexibility index (Phi) is 7.70. The number of carbonyl (C=O) groups is 2. The largest absolute Gasteiger partial charge is 0.481 e. The summed E-state index contributed by atoms with van der Waals surface area (Å²) in [5.74, 6) is 0.335. The lowest BCUT2D eigenvalue weighted by Crippen LogP contribution is -2.16. The Morgan fingerprint density at radius 3 is 1.74 bits per heavy atom. The zero-order valence-corrected chi connectivity index (χ0v) is 18.2. The molecule has 3 rings (SSSR count). The first kappa shape index (κ1) is 22.4. The highest BCUT2D eigenvalue weighted by Gasteiger charge is 2.18. The van der Waals surface area contributed by atoms with Crippen LogP contribution < -0.4 is 9.47 Å². The molecule has 6 heteroatoms. The molecule has 0 aromatic heterocycles. The molecule has 0 bridgehead atoms. The van der Waals surface area contributed by atoms with Crippen LogP contribution in [-0.4, -0.2) is 38.4 Å². The Labute approximate surface area is 182 Å². The number of hydrogen-bond donors (Lipinski definition) is 0. The Bertz CT molecular complexity index is 1070. The minimum Gasteiger partial charge on any atom is -0.481 e. The molecular weight excluding hydrogens is 396 g/mol. The Morgan fingerprint density at radius 1 is 0.710 bits per heavy atom. The van der Waals surface area contributed by atoms with Gasteiger partial charge in [0.1, 0.15) is 11.5 Å². The summed E-state index contributed by atoms with van der Waals surface area (Å²) >= 11 is 0. The van der Waals surface area contributed by atoms with E-state index in [2.05, 4.69) is 13.0 Å². The van der Waals surface area contributed by atoms with E-state index in [1.165, 1.54) is 0 Å². The number of aryl methyl sites for hydroxylation is 1. The summed E-state index contributed by atoms with van der Waals surface area (Å²) in [4.78, 5) is 23.9. The molecule has 0 spiro atoms. The fraction of sp³-hybridized carbons (Fsp3) is 0.360. The van der Waals surface area contributed by atoms with Gasteiger partial charge in [-0.2, -0.15) is 0 Å². The summed E-state index contributed by atoms with van der Waals surface area (Å²) in [5, 5.41) is 3.22. The van der Waals surface area contributed by atoms with Crippen LogP contribution in [0.5, 0.6) is 11.5 Å². The third-order valence-corrected chi connectivity index (χ3v) is 4.81. The van der Waals surface area contributed by atoms with Gasteiger partial charge in [-0.3, -0.25) is 0 Å². The molecule has 164 valence electrons. The summed E-state index contributed by atoms with van der Waals surface area (Å²) in [5.41, 5.74) is 1.16. The molecule has 0 heterocycles. The third-order valence-electron chi connectivity index (χ3n) is 4.81. The Morgan fingerprint density at radius 2 is 1.23 bits per heavy atom. The molecule has 0 aliphatic rings. The molecule has 0 unspecified atom stereocenters. The fourth-order valence-corrected chi connectivity index (χ4v) is 3.57. The van der Waals surface area contributed by atoms with Gasteiger partial charge in [0.25, 0.3) is 0 Å². The van der Waals surface area contributed by atoms with Crippen molar-refractivity contribution < 1.29 is 28.5 Å². The van der Waals surface area contributed by atoms with E-state index in [0.29, 0.717) is 24.7 Å². The van der Waals surface area contributed by atoms with Crippen LogP contribution in [0.1, 0.15) is 32.8 Å². The van der Waals surface area contributed by atoms with Crippen molar-refractivity contribution in [1.29, 1.82) is 0 Å². The van der Waals surface area contributed by atoms with E-state index in [-0.39, 0.29) is 13.2 Å². The zero-order valence-electron chi connectivity index (χ0n) is 18.2. The fourth-order valence-electron chi connectivity index (χ4n) is 3.57. The molecule has 0 radical (unpaired) electrons. The van der Waals surface area contributed by atoms with Crippen LogP contribution in [0.3, 0.4) is 0 Å². The van der Waals surface area contributed by atoms with Gasteiger partial charge in [0.05, 0.1) is 13.2 Å². The first-order chi connectivity index (χ1) is 15.1. The monoisotopic (exact) mass is 424 g/mol. The lowest BCUT2D eigenvalue weighted by Gasteiger charge is -2.18. The molecule has 0 aliphatic heterocycles. The first-order valence-electron chi connectivity index (χ1n) is 10.6. The smallest absolute Gasteiger partial charge is 0.344 e. The van der Waals surface area contributed by atoms with Crippen molar-refractivity contribution in [3.05, 3.63) is 48.0 Å².